The summed E-state index contributed by atoms with van der Waals surface area (Å²) in [5.74, 6) is 0.911. The van der Waals surface area contributed by atoms with Crippen LogP contribution in [0.3, 0.4) is 0 Å². The van der Waals surface area contributed by atoms with Crippen molar-refractivity contribution in [2.24, 2.45) is 0 Å². The summed E-state index contributed by atoms with van der Waals surface area (Å²) in [6.07, 6.45) is 4.63. The minimum Gasteiger partial charge on any atom is -0.292 e. The van der Waals surface area contributed by atoms with Crippen molar-refractivity contribution in [2.45, 2.75) is 6.92 Å². The van der Waals surface area contributed by atoms with Gasteiger partial charge in [-0.2, -0.15) is 0 Å². The summed E-state index contributed by atoms with van der Waals surface area (Å²) < 4.78 is 2.26. The van der Waals surface area contributed by atoms with Crippen molar-refractivity contribution in [3.63, 3.8) is 0 Å². The largest absolute Gasteiger partial charge is 0.292 e. The Morgan fingerprint density at radius 1 is 0.389 bits per heavy atom. The fourth-order valence-corrected chi connectivity index (χ4v) is 10.3. The Hall–Kier alpha value is -9.37. The lowest BCUT2D eigenvalue weighted by Crippen LogP contribution is -1.97. The molecule has 0 saturated heterocycles. The van der Waals surface area contributed by atoms with Crippen molar-refractivity contribution in [3.8, 4) is 61.6 Å². The smallest absolute Gasteiger partial charge is 0.145 e. The summed E-state index contributed by atoms with van der Waals surface area (Å²) >= 11 is 0. The normalized spacial score (nSPS) is 11.9. The second kappa shape index (κ2) is 19.2. The molecule has 2 heteroatoms. The van der Waals surface area contributed by atoms with Gasteiger partial charge in [0.1, 0.15) is 5.82 Å². The summed E-state index contributed by atoms with van der Waals surface area (Å²) in [4.78, 5) is 5.19. The molecule has 340 valence electrons. The van der Waals surface area contributed by atoms with Crippen LogP contribution in [-0.2, 0) is 0 Å². The molecule has 0 radical (unpaired) electrons. The topological polar surface area (TPSA) is 17.8 Å². The van der Waals surface area contributed by atoms with Gasteiger partial charge in [0.15, 0.2) is 0 Å². The first kappa shape index (κ1) is 43.9. The highest BCUT2D eigenvalue weighted by Crippen LogP contribution is 2.46. The molecule has 12 rings (SSSR count). The molecule has 0 fully saturated rings. The van der Waals surface area contributed by atoms with Gasteiger partial charge in [0, 0.05) is 11.3 Å². The minimum absolute atomic E-state index is 0.911. The molecule has 1 aromatic heterocycles. The second-order valence-electron chi connectivity index (χ2n) is 18.4. The third-order valence-corrected chi connectivity index (χ3v) is 13.9. The number of rotatable bonds is 11. The van der Waals surface area contributed by atoms with Crippen LogP contribution in [0, 0.1) is 0 Å². The molecule has 0 amide bonds. The molecule has 0 atom stereocenters. The van der Waals surface area contributed by atoms with E-state index in [1.165, 1.54) is 60.7 Å². The van der Waals surface area contributed by atoms with Crippen LogP contribution in [0.4, 0.5) is 0 Å². The van der Waals surface area contributed by atoms with Gasteiger partial charge in [0.25, 0.3) is 0 Å². The van der Waals surface area contributed by atoms with E-state index in [1.54, 1.807) is 0 Å². The summed E-state index contributed by atoms with van der Waals surface area (Å²) in [6, 6.07) is 93.7. The Kier molecular flexibility index (Phi) is 11.7. The van der Waals surface area contributed by atoms with Gasteiger partial charge < -0.3 is 0 Å². The predicted molar refractivity (Wildman–Crippen MR) is 307 cm³/mol. The van der Waals surface area contributed by atoms with Crippen LogP contribution in [0.5, 0.6) is 0 Å². The third kappa shape index (κ3) is 8.46. The molecule has 0 spiro atoms. The van der Waals surface area contributed by atoms with Gasteiger partial charge in [-0.05, 0) is 161 Å². The molecule has 0 aliphatic carbocycles. The van der Waals surface area contributed by atoms with Gasteiger partial charge >= 0.3 is 0 Å². The Labute approximate surface area is 421 Å². The van der Waals surface area contributed by atoms with Crippen molar-refractivity contribution >= 4 is 49.3 Å². The molecule has 2 nitrogen and oxygen atoms in total. The van der Waals surface area contributed by atoms with Crippen molar-refractivity contribution in [2.75, 3.05) is 0 Å². The molecular formula is C70H50N2. The summed E-state index contributed by atoms with van der Waals surface area (Å²) in [5.41, 5.74) is 20.1. The fourth-order valence-electron chi connectivity index (χ4n) is 10.3. The highest BCUT2D eigenvalue weighted by atomic mass is 15.1. The number of hydrogen-bond donors (Lipinski definition) is 0. The first-order valence-corrected chi connectivity index (χ1v) is 24.6. The quantitative estimate of drug-likeness (QED) is 0.0934. The van der Waals surface area contributed by atoms with Crippen molar-refractivity contribution in [1.82, 2.24) is 9.55 Å². The molecule has 0 unspecified atom stereocenters. The molecule has 0 aliphatic rings. The number of aromatic nitrogens is 2. The van der Waals surface area contributed by atoms with E-state index in [9.17, 15) is 0 Å². The lowest BCUT2D eigenvalue weighted by molar-refractivity contribution is 1.10. The van der Waals surface area contributed by atoms with Gasteiger partial charge in [0.05, 0.1) is 11.0 Å². The van der Waals surface area contributed by atoms with E-state index in [0.29, 0.717) is 0 Å². The van der Waals surface area contributed by atoms with Crippen LogP contribution in [-0.4, -0.2) is 9.55 Å². The monoisotopic (exact) mass is 918 g/mol. The van der Waals surface area contributed by atoms with Crippen LogP contribution in [0.2, 0.25) is 0 Å². The lowest BCUT2D eigenvalue weighted by atomic mass is 9.82. The zero-order valence-electron chi connectivity index (χ0n) is 40.1. The molecule has 0 bridgehead atoms. The van der Waals surface area contributed by atoms with Gasteiger partial charge in [-0.15, -0.1) is 0 Å². The van der Waals surface area contributed by atoms with Crippen LogP contribution in [0.1, 0.15) is 23.6 Å². The van der Waals surface area contributed by atoms with E-state index < -0.39 is 0 Å². The number of imidazole rings is 1. The maximum atomic E-state index is 5.19. The summed E-state index contributed by atoms with van der Waals surface area (Å²) in [7, 11) is 0. The Bertz CT molecular complexity index is 3940. The lowest BCUT2D eigenvalue weighted by Gasteiger charge is -2.21. The second-order valence-corrected chi connectivity index (χ2v) is 18.4. The van der Waals surface area contributed by atoms with E-state index >= 15 is 0 Å². The molecule has 12 aromatic rings. The summed E-state index contributed by atoms with van der Waals surface area (Å²) in [6.45, 7) is 6.89. The summed E-state index contributed by atoms with van der Waals surface area (Å²) in [5, 5.41) is 4.69. The number of hydrogen-bond acceptors (Lipinski definition) is 1. The molecule has 0 saturated carbocycles. The van der Waals surface area contributed by atoms with Gasteiger partial charge in [-0.25, -0.2) is 4.98 Å². The van der Waals surface area contributed by atoms with E-state index in [-0.39, 0.29) is 0 Å². The number of nitrogens with zero attached hydrogens (tertiary/aromatic N) is 2. The molecule has 72 heavy (non-hydrogen) atoms. The maximum absolute atomic E-state index is 5.19. The standard InChI is InChI=1S/C70H50N2/c1-48(50-22-8-3-9-23-50)42-59(43-49(2)51-24-10-4-11-25-51)68-62-32-18-19-33-63(62)69(60-45-57(52-26-12-5-13-27-52)44-58(46-60)53-28-14-6-15-29-53)65-47-56(40-41-64(65)68)54-36-38-55(39-37-54)70-71-66-34-20-21-35-67(66)72(70)61-30-16-7-17-31-61/h3-47H,1H2,2H3/b49-43+,59-42+. The van der Waals surface area contributed by atoms with Gasteiger partial charge in [-0.3, -0.25) is 4.57 Å². The first-order valence-electron chi connectivity index (χ1n) is 24.6. The Balaban J connectivity index is 1.12. The van der Waals surface area contributed by atoms with Crippen LogP contribution in [0.15, 0.2) is 280 Å². The van der Waals surface area contributed by atoms with E-state index in [0.717, 1.165) is 66.9 Å². The zero-order chi connectivity index (χ0) is 48.4. The van der Waals surface area contributed by atoms with Crippen molar-refractivity contribution in [1.29, 1.82) is 0 Å². The van der Waals surface area contributed by atoms with E-state index in [2.05, 4.69) is 291 Å². The predicted octanol–water partition coefficient (Wildman–Crippen LogP) is 18.9. The molecule has 11 aromatic carbocycles. The Morgan fingerprint density at radius 3 is 1.53 bits per heavy atom. The molecule has 0 N–H and O–H groups in total. The number of allylic oxidation sites excluding steroid dienone is 5. The molecule has 1 heterocycles. The van der Waals surface area contributed by atoms with Gasteiger partial charge in [0.2, 0.25) is 0 Å². The van der Waals surface area contributed by atoms with Crippen molar-refractivity contribution < 1.29 is 0 Å². The highest BCUT2D eigenvalue weighted by Gasteiger charge is 2.21. The molecule has 0 aliphatic heterocycles. The first-order chi connectivity index (χ1) is 35.5. The third-order valence-electron chi connectivity index (χ3n) is 13.9. The zero-order valence-corrected chi connectivity index (χ0v) is 40.1. The number of fused-ring (bicyclic) bond motifs is 3. The van der Waals surface area contributed by atoms with Crippen LogP contribution in [0.25, 0.3) is 111 Å². The minimum atomic E-state index is 0.911. The number of benzene rings is 11. The maximum Gasteiger partial charge on any atom is 0.145 e. The number of para-hydroxylation sites is 3. The van der Waals surface area contributed by atoms with E-state index in [1.807, 2.05) is 0 Å². The fraction of sp³-hybridized carbons (Fsp3) is 0.0143. The van der Waals surface area contributed by atoms with Crippen molar-refractivity contribution in [3.05, 3.63) is 296 Å². The average molecular weight is 919 g/mol. The van der Waals surface area contributed by atoms with Crippen LogP contribution >= 0.6 is 0 Å². The molecular weight excluding hydrogens is 869 g/mol. The SMILES string of the molecule is C=C(/C=C(\C=C(/C)c1ccccc1)c1c2ccccc2c(-c2cc(-c3ccccc3)cc(-c3ccccc3)c2)c2cc(-c3ccc(-c4nc5ccccc5n4-c4ccccc4)cc3)ccc12)c1ccccc1. The Morgan fingerprint density at radius 2 is 0.875 bits per heavy atom. The van der Waals surface area contributed by atoms with Gasteiger partial charge in [-0.1, -0.05) is 225 Å². The average Bonchev–Trinajstić information content (AvgIpc) is 3.85. The van der Waals surface area contributed by atoms with E-state index in [4.69, 9.17) is 4.98 Å². The van der Waals surface area contributed by atoms with Crippen LogP contribution < -0.4 is 0 Å². The highest BCUT2D eigenvalue weighted by molar-refractivity contribution is 6.21.